The van der Waals surface area contributed by atoms with Gasteiger partial charge in [0.1, 0.15) is 10.7 Å². The molecule has 0 aliphatic heterocycles. The second-order valence-electron chi connectivity index (χ2n) is 6.32. The van der Waals surface area contributed by atoms with Gasteiger partial charge in [0, 0.05) is 11.3 Å². The summed E-state index contributed by atoms with van der Waals surface area (Å²) in [7, 11) is 0. The molecule has 1 unspecified atom stereocenters. The average Bonchev–Trinajstić information content (AvgIpc) is 3.34. The topological polar surface area (TPSA) is 162 Å². The number of hydrogen-bond acceptors (Lipinski definition) is 9. The summed E-state index contributed by atoms with van der Waals surface area (Å²) in [6.45, 7) is -0.651. The summed E-state index contributed by atoms with van der Waals surface area (Å²) in [4.78, 5) is 19.7. The van der Waals surface area contributed by atoms with Crippen LogP contribution in [0.4, 0.5) is 4.39 Å². The SMILES string of the molecule is O=C(NC(CCN(O)O)c1nc(O)c(CO)s1)c1ccc(-c2ccc(O)c(F)c2)[nH]1. The molecule has 0 fully saturated rings. The van der Waals surface area contributed by atoms with Crippen LogP contribution in [-0.2, 0) is 6.61 Å². The van der Waals surface area contributed by atoms with E-state index in [1.165, 1.54) is 18.2 Å². The predicted octanol–water partition coefficient (Wildman–Crippen LogP) is 2.12. The highest BCUT2D eigenvalue weighted by Gasteiger charge is 2.23. The van der Waals surface area contributed by atoms with Crippen molar-refractivity contribution in [2.45, 2.75) is 19.1 Å². The number of halogens is 1. The number of thiazole rings is 1. The first-order valence-electron chi connectivity index (χ1n) is 8.72. The van der Waals surface area contributed by atoms with Gasteiger partial charge in [-0.2, -0.15) is 0 Å². The second-order valence-corrected chi connectivity index (χ2v) is 7.43. The maximum Gasteiger partial charge on any atom is 0.268 e. The largest absolute Gasteiger partial charge is 0.505 e. The number of aromatic amines is 1. The zero-order chi connectivity index (χ0) is 21.8. The summed E-state index contributed by atoms with van der Waals surface area (Å²) >= 11 is 0.978. The molecule has 3 aromatic rings. The molecule has 10 nitrogen and oxygen atoms in total. The highest BCUT2D eigenvalue weighted by Crippen LogP contribution is 2.30. The van der Waals surface area contributed by atoms with Gasteiger partial charge >= 0.3 is 0 Å². The number of nitrogens with zero attached hydrogens (tertiary/aromatic N) is 2. The third-order valence-corrected chi connectivity index (χ3v) is 5.39. The van der Waals surface area contributed by atoms with Crippen LogP contribution in [0.15, 0.2) is 30.3 Å². The van der Waals surface area contributed by atoms with Crippen LogP contribution in [0.5, 0.6) is 11.6 Å². The minimum absolute atomic E-state index is 0.0360. The van der Waals surface area contributed by atoms with Crippen LogP contribution in [0.3, 0.4) is 0 Å². The van der Waals surface area contributed by atoms with Crippen molar-refractivity contribution in [3.05, 3.63) is 51.7 Å². The number of aliphatic hydroxyl groups is 1. The van der Waals surface area contributed by atoms with Crippen LogP contribution in [-0.4, -0.2) is 53.4 Å². The number of amides is 1. The molecule has 1 amide bonds. The highest BCUT2D eigenvalue weighted by atomic mass is 32.1. The first kappa shape index (κ1) is 21.7. The molecule has 0 spiro atoms. The van der Waals surface area contributed by atoms with Crippen LogP contribution in [0.1, 0.15) is 32.8 Å². The molecule has 0 saturated carbocycles. The van der Waals surface area contributed by atoms with Crippen LogP contribution in [0.2, 0.25) is 0 Å². The number of H-pyrrole nitrogens is 1. The Morgan fingerprint density at radius 1 is 1.27 bits per heavy atom. The molecule has 1 aromatic carbocycles. The smallest absolute Gasteiger partial charge is 0.268 e. The molecule has 0 saturated heterocycles. The number of hydroxylamine groups is 2. The number of nitrogens with one attached hydrogen (secondary N) is 2. The normalized spacial score (nSPS) is 12.3. The van der Waals surface area contributed by atoms with E-state index in [1.54, 1.807) is 6.07 Å². The van der Waals surface area contributed by atoms with Crippen molar-refractivity contribution in [2.24, 2.45) is 0 Å². The fraction of sp³-hybridized carbons (Fsp3) is 0.222. The summed E-state index contributed by atoms with van der Waals surface area (Å²) in [5, 5.41) is 49.2. The Balaban J connectivity index is 1.79. The minimum atomic E-state index is -0.797. The van der Waals surface area contributed by atoms with E-state index >= 15 is 0 Å². The number of phenols is 1. The summed E-state index contributed by atoms with van der Waals surface area (Å²) in [5.74, 6) is -2.19. The lowest BCUT2D eigenvalue weighted by Gasteiger charge is -2.17. The molecule has 30 heavy (non-hydrogen) atoms. The zero-order valence-corrected chi connectivity index (χ0v) is 16.2. The Morgan fingerprint density at radius 3 is 2.67 bits per heavy atom. The molecule has 0 radical (unpaired) electrons. The van der Waals surface area contributed by atoms with E-state index in [1.807, 2.05) is 0 Å². The molecule has 3 rings (SSSR count). The quantitative estimate of drug-likeness (QED) is 0.263. The van der Waals surface area contributed by atoms with Crippen LogP contribution in [0.25, 0.3) is 11.3 Å². The molecule has 7 N–H and O–H groups in total. The molecule has 2 heterocycles. The number of aromatic hydroxyl groups is 2. The van der Waals surface area contributed by atoms with Gasteiger partial charge in [0.2, 0.25) is 5.88 Å². The molecule has 12 heteroatoms. The molecule has 160 valence electrons. The minimum Gasteiger partial charge on any atom is -0.505 e. The molecular weight excluding hydrogens is 419 g/mol. The second kappa shape index (κ2) is 9.19. The lowest BCUT2D eigenvalue weighted by molar-refractivity contribution is -0.307. The molecule has 1 atom stereocenters. The van der Waals surface area contributed by atoms with Crippen LogP contribution >= 0.6 is 11.3 Å². The fourth-order valence-corrected chi connectivity index (χ4v) is 3.63. The van der Waals surface area contributed by atoms with Crippen molar-refractivity contribution in [3.8, 4) is 22.9 Å². The van der Waals surface area contributed by atoms with Gasteiger partial charge in [-0.1, -0.05) is 5.23 Å². The number of carbonyl (C=O) groups is 1. The lowest BCUT2D eigenvalue weighted by Crippen LogP contribution is -2.31. The van der Waals surface area contributed by atoms with Crippen molar-refractivity contribution < 1.29 is 34.9 Å². The van der Waals surface area contributed by atoms with Crippen molar-refractivity contribution in [1.82, 2.24) is 20.5 Å². The number of benzene rings is 1. The maximum atomic E-state index is 13.6. The highest BCUT2D eigenvalue weighted by molar-refractivity contribution is 7.12. The van der Waals surface area contributed by atoms with E-state index in [4.69, 9.17) is 10.4 Å². The Bertz CT molecular complexity index is 1040. The molecule has 0 aliphatic rings. The Hall–Kier alpha value is -3.03. The van der Waals surface area contributed by atoms with E-state index in [0.29, 0.717) is 11.3 Å². The number of aromatic nitrogens is 2. The Morgan fingerprint density at radius 2 is 2.03 bits per heavy atom. The summed E-state index contributed by atoms with van der Waals surface area (Å²) in [6.07, 6.45) is 0.0489. The monoisotopic (exact) mass is 438 g/mol. The molecule has 0 aliphatic carbocycles. The van der Waals surface area contributed by atoms with Crippen LogP contribution < -0.4 is 5.32 Å². The number of phenolic OH excluding ortho intramolecular Hbond substituents is 1. The van der Waals surface area contributed by atoms with Crippen molar-refractivity contribution >= 4 is 17.2 Å². The summed E-state index contributed by atoms with van der Waals surface area (Å²) in [6, 6.07) is 6.07. The van der Waals surface area contributed by atoms with E-state index in [-0.39, 0.29) is 39.7 Å². The maximum absolute atomic E-state index is 13.6. The summed E-state index contributed by atoms with van der Waals surface area (Å²) < 4.78 is 13.6. The van der Waals surface area contributed by atoms with Crippen LogP contribution in [0, 0.1) is 5.82 Å². The third kappa shape index (κ3) is 4.93. The summed E-state index contributed by atoms with van der Waals surface area (Å²) in [5.41, 5.74) is 1.02. The van der Waals surface area contributed by atoms with Gasteiger partial charge in [0.25, 0.3) is 5.91 Å². The van der Waals surface area contributed by atoms with Crippen molar-refractivity contribution in [3.63, 3.8) is 0 Å². The van der Waals surface area contributed by atoms with E-state index in [2.05, 4.69) is 15.3 Å². The molecule has 2 aromatic heterocycles. The number of rotatable bonds is 8. The van der Waals surface area contributed by atoms with Crippen molar-refractivity contribution in [2.75, 3.05) is 6.54 Å². The Kier molecular flexibility index (Phi) is 6.64. The standard InChI is InChI=1S/C18H19FN4O6S/c19-10-7-9(1-4-14(10)25)11-2-3-12(20-11)16(26)21-13(5-6-23(28)29)18-22-17(27)15(8-24)30-18/h1-4,7,13,20,24-25,27-29H,5-6,8H2,(H,21,26). The number of hydrogen-bond donors (Lipinski definition) is 7. The lowest BCUT2D eigenvalue weighted by atomic mass is 10.1. The van der Waals surface area contributed by atoms with Gasteiger partial charge < -0.3 is 25.6 Å². The third-order valence-electron chi connectivity index (χ3n) is 4.25. The van der Waals surface area contributed by atoms with Gasteiger partial charge in [-0.3, -0.25) is 15.2 Å². The fourth-order valence-electron chi connectivity index (χ4n) is 2.72. The predicted molar refractivity (Wildman–Crippen MR) is 103 cm³/mol. The van der Waals surface area contributed by atoms with Gasteiger partial charge in [-0.25, -0.2) is 9.37 Å². The van der Waals surface area contributed by atoms with Gasteiger partial charge in [-0.05, 0) is 36.8 Å². The zero-order valence-electron chi connectivity index (χ0n) is 15.4. The van der Waals surface area contributed by atoms with E-state index < -0.39 is 30.1 Å². The first-order valence-corrected chi connectivity index (χ1v) is 9.53. The van der Waals surface area contributed by atoms with Gasteiger partial charge in [0.05, 0.1) is 24.1 Å². The molecule has 0 bridgehead atoms. The number of aliphatic hydroxyl groups excluding tert-OH is 1. The van der Waals surface area contributed by atoms with E-state index in [9.17, 15) is 24.5 Å². The Labute approximate surface area is 173 Å². The molecular formula is C18H19FN4O6S. The first-order chi connectivity index (χ1) is 14.3. The number of carbonyl (C=O) groups excluding carboxylic acids is 1. The van der Waals surface area contributed by atoms with E-state index in [0.717, 1.165) is 17.4 Å². The van der Waals surface area contributed by atoms with Gasteiger partial charge in [-0.15, -0.1) is 11.3 Å². The van der Waals surface area contributed by atoms with Crippen molar-refractivity contribution in [1.29, 1.82) is 0 Å². The average molecular weight is 438 g/mol. The van der Waals surface area contributed by atoms with Gasteiger partial charge in [0.15, 0.2) is 11.6 Å².